The summed E-state index contributed by atoms with van der Waals surface area (Å²) in [4.78, 5) is 43.5. The van der Waals surface area contributed by atoms with Gasteiger partial charge in [0.25, 0.3) is 5.56 Å². The number of hydrogen-bond acceptors (Lipinski definition) is 6. The Balaban J connectivity index is 1.72. The normalized spacial score (nSPS) is 10.8. The highest BCUT2D eigenvalue weighted by molar-refractivity contribution is 5.93. The number of aryl methyl sites for hydroxylation is 1. The Labute approximate surface area is 195 Å². The lowest BCUT2D eigenvalue weighted by molar-refractivity contribution is -0.116. The summed E-state index contributed by atoms with van der Waals surface area (Å²) in [5, 5.41) is 2.76. The number of carbonyl (C=O) groups is 1. The van der Waals surface area contributed by atoms with Gasteiger partial charge < -0.3 is 14.8 Å². The number of hydrogen-bond donors (Lipinski definition) is 1. The Morgan fingerprint density at radius 2 is 1.76 bits per heavy atom. The highest BCUT2D eigenvalue weighted by Gasteiger charge is 2.17. The average Bonchev–Trinajstić information content (AvgIpc) is 2.85. The van der Waals surface area contributed by atoms with Crippen LogP contribution >= 0.6 is 0 Å². The summed E-state index contributed by atoms with van der Waals surface area (Å²) in [5.74, 6) is 0.526. The van der Waals surface area contributed by atoms with Gasteiger partial charge in [0.1, 0.15) is 18.0 Å². The van der Waals surface area contributed by atoms with Crippen molar-refractivity contribution >= 4 is 22.6 Å². The molecule has 1 amide bonds. The van der Waals surface area contributed by atoms with Crippen LogP contribution in [-0.4, -0.2) is 34.2 Å². The van der Waals surface area contributed by atoms with Crippen LogP contribution in [0.1, 0.15) is 11.1 Å². The van der Waals surface area contributed by atoms with Gasteiger partial charge >= 0.3 is 5.69 Å². The van der Waals surface area contributed by atoms with E-state index in [1.54, 1.807) is 30.3 Å². The molecular formula is C25H24N4O5. The van der Waals surface area contributed by atoms with Gasteiger partial charge in [0.15, 0.2) is 5.52 Å². The maximum absolute atomic E-state index is 13.3. The summed E-state index contributed by atoms with van der Waals surface area (Å²) in [6, 6.07) is 15.7. The van der Waals surface area contributed by atoms with Gasteiger partial charge in [-0.2, -0.15) is 0 Å². The van der Waals surface area contributed by atoms with E-state index in [4.69, 9.17) is 9.47 Å². The molecule has 2 aromatic heterocycles. The Hall–Kier alpha value is -4.40. The first-order chi connectivity index (χ1) is 16.4. The Morgan fingerprint density at radius 1 is 1.00 bits per heavy atom. The molecule has 0 unspecified atom stereocenters. The van der Waals surface area contributed by atoms with Crippen molar-refractivity contribution in [2.75, 3.05) is 19.5 Å². The third-order valence-corrected chi connectivity index (χ3v) is 5.43. The summed E-state index contributed by atoms with van der Waals surface area (Å²) < 4.78 is 12.9. The fraction of sp³-hybridized carbons (Fsp3) is 0.200. The van der Waals surface area contributed by atoms with E-state index in [0.717, 1.165) is 15.7 Å². The lowest BCUT2D eigenvalue weighted by Gasteiger charge is -2.15. The van der Waals surface area contributed by atoms with Crippen molar-refractivity contribution < 1.29 is 14.3 Å². The molecule has 34 heavy (non-hydrogen) atoms. The maximum Gasteiger partial charge on any atom is 0.332 e. The van der Waals surface area contributed by atoms with E-state index in [2.05, 4.69) is 10.3 Å². The van der Waals surface area contributed by atoms with Crippen LogP contribution in [0.2, 0.25) is 0 Å². The fourth-order valence-electron chi connectivity index (χ4n) is 3.65. The first kappa shape index (κ1) is 22.8. The lowest BCUT2D eigenvalue weighted by atomic mass is 10.1. The lowest BCUT2D eigenvalue weighted by Crippen LogP contribution is -2.42. The molecule has 0 fully saturated rings. The number of anilines is 1. The molecule has 0 radical (unpaired) electrons. The molecular weight excluding hydrogens is 436 g/mol. The number of carbonyl (C=O) groups excluding carboxylic acids is 1. The SMILES string of the molecule is COc1ccc(NC(=O)Cn2c(=O)n(Cc3ccc(C)cc3)c(=O)c3ncccc32)c(OC)c1. The smallest absolute Gasteiger partial charge is 0.332 e. The highest BCUT2D eigenvalue weighted by Crippen LogP contribution is 2.29. The molecule has 0 bridgehead atoms. The standard InChI is InChI=1S/C25H24N4O5/c1-16-6-8-17(9-7-16)14-29-24(31)23-20(5-4-12-26-23)28(25(29)32)15-22(30)27-19-11-10-18(33-2)13-21(19)34-3/h4-13H,14-15H2,1-3H3,(H,27,30). The molecule has 9 heteroatoms. The molecule has 1 N–H and O–H groups in total. The van der Waals surface area contributed by atoms with Crippen molar-refractivity contribution in [2.45, 2.75) is 20.0 Å². The number of amides is 1. The average molecular weight is 460 g/mol. The minimum atomic E-state index is -0.595. The predicted octanol–water partition coefficient (Wildman–Crippen LogP) is 2.57. The van der Waals surface area contributed by atoms with Gasteiger partial charge in [0.05, 0.1) is 32.0 Å². The zero-order valence-electron chi connectivity index (χ0n) is 19.1. The summed E-state index contributed by atoms with van der Waals surface area (Å²) >= 11 is 0. The van der Waals surface area contributed by atoms with Crippen molar-refractivity contribution in [3.05, 3.63) is 92.8 Å². The van der Waals surface area contributed by atoms with E-state index in [1.165, 1.54) is 25.0 Å². The second-order valence-electron chi connectivity index (χ2n) is 7.73. The van der Waals surface area contributed by atoms with Crippen LogP contribution < -0.4 is 26.0 Å². The van der Waals surface area contributed by atoms with E-state index in [1.807, 2.05) is 31.2 Å². The zero-order valence-corrected chi connectivity index (χ0v) is 19.1. The summed E-state index contributed by atoms with van der Waals surface area (Å²) in [7, 11) is 3.01. The number of nitrogens with zero attached hydrogens (tertiary/aromatic N) is 3. The summed E-state index contributed by atoms with van der Waals surface area (Å²) in [6.45, 7) is 1.71. The molecule has 2 heterocycles. The van der Waals surface area contributed by atoms with Gasteiger partial charge in [0, 0.05) is 12.3 Å². The van der Waals surface area contributed by atoms with Crippen LogP contribution in [-0.2, 0) is 17.9 Å². The van der Waals surface area contributed by atoms with E-state index in [0.29, 0.717) is 17.2 Å². The number of pyridine rings is 1. The zero-order chi connectivity index (χ0) is 24.2. The third kappa shape index (κ3) is 4.54. The van der Waals surface area contributed by atoms with Crippen LogP contribution in [0.3, 0.4) is 0 Å². The molecule has 0 aliphatic carbocycles. The quantitative estimate of drug-likeness (QED) is 0.455. The van der Waals surface area contributed by atoms with Gasteiger partial charge in [-0.1, -0.05) is 29.8 Å². The van der Waals surface area contributed by atoms with E-state index < -0.39 is 17.2 Å². The molecule has 0 aliphatic rings. The number of ether oxygens (including phenoxy) is 2. The number of aromatic nitrogens is 3. The first-order valence-electron chi connectivity index (χ1n) is 10.6. The Morgan fingerprint density at radius 3 is 2.47 bits per heavy atom. The largest absolute Gasteiger partial charge is 0.497 e. The monoisotopic (exact) mass is 460 g/mol. The summed E-state index contributed by atoms with van der Waals surface area (Å²) in [6.07, 6.45) is 1.48. The number of rotatable bonds is 7. The molecule has 2 aromatic carbocycles. The molecule has 4 rings (SSSR count). The maximum atomic E-state index is 13.3. The highest BCUT2D eigenvalue weighted by atomic mass is 16.5. The van der Waals surface area contributed by atoms with Crippen molar-refractivity contribution in [2.24, 2.45) is 0 Å². The third-order valence-electron chi connectivity index (χ3n) is 5.43. The van der Waals surface area contributed by atoms with E-state index in [9.17, 15) is 14.4 Å². The van der Waals surface area contributed by atoms with Crippen LogP contribution in [0, 0.1) is 6.92 Å². The van der Waals surface area contributed by atoms with Crippen LogP contribution in [0.5, 0.6) is 11.5 Å². The fourth-order valence-corrected chi connectivity index (χ4v) is 3.65. The van der Waals surface area contributed by atoms with Gasteiger partial charge in [-0.25, -0.2) is 9.78 Å². The first-order valence-corrected chi connectivity index (χ1v) is 10.6. The number of benzene rings is 2. The van der Waals surface area contributed by atoms with Crippen LogP contribution in [0.4, 0.5) is 5.69 Å². The van der Waals surface area contributed by atoms with Crippen molar-refractivity contribution in [3.63, 3.8) is 0 Å². The second-order valence-corrected chi connectivity index (χ2v) is 7.73. The van der Waals surface area contributed by atoms with E-state index in [-0.39, 0.29) is 24.1 Å². The van der Waals surface area contributed by atoms with Gasteiger partial charge in [-0.3, -0.25) is 18.7 Å². The molecule has 0 atom stereocenters. The van der Waals surface area contributed by atoms with Crippen molar-refractivity contribution in [1.82, 2.24) is 14.1 Å². The molecule has 0 spiro atoms. The van der Waals surface area contributed by atoms with E-state index >= 15 is 0 Å². The molecule has 174 valence electrons. The minimum Gasteiger partial charge on any atom is -0.497 e. The number of fused-ring (bicyclic) bond motifs is 1. The Kier molecular flexibility index (Phi) is 6.44. The molecule has 4 aromatic rings. The molecule has 9 nitrogen and oxygen atoms in total. The Bertz CT molecular complexity index is 1470. The minimum absolute atomic E-state index is 0.0678. The molecule has 0 aliphatic heterocycles. The van der Waals surface area contributed by atoms with Gasteiger partial charge in [0.2, 0.25) is 5.91 Å². The topological polar surface area (TPSA) is 104 Å². The second kappa shape index (κ2) is 9.62. The summed E-state index contributed by atoms with van der Waals surface area (Å²) in [5.41, 5.74) is 1.59. The van der Waals surface area contributed by atoms with Gasteiger partial charge in [-0.15, -0.1) is 0 Å². The van der Waals surface area contributed by atoms with Gasteiger partial charge in [-0.05, 0) is 36.8 Å². The molecule has 0 saturated heterocycles. The van der Waals surface area contributed by atoms with Crippen molar-refractivity contribution in [1.29, 1.82) is 0 Å². The number of nitrogens with one attached hydrogen (secondary N) is 1. The number of methoxy groups -OCH3 is 2. The predicted molar refractivity (Wildman–Crippen MR) is 129 cm³/mol. The van der Waals surface area contributed by atoms with Crippen LogP contribution in [0.15, 0.2) is 70.4 Å². The molecule has 0 saturated carbocycles. The van der Waals surface area contributed by atoms with Crippen LogP contribution in [0.25, 0.3) is 11.0 Å². The van der Waals surface area contributed by atoms with Crippen molar-refractivity contribution in [3.8, 4) is 11.5 Å².